The van der Waals surface area contributed by atoms with Crippen LogP contribution in [-0.4, -0.2) is 54.1 Å². The number of fused-ring (bicyclic) bond motifs is 1. The van der Waals surface area contributed by atoms with Crippen molar-refractivity contribution in [2.24, 2.45) is 0 Å². The Labute approximate surface area is 185 Å². The van der Waals surface area contributed by atoms with Crippen molar-refractivity contribution in [3.8, 4) is 17.2 Å². The molecule has 0 aliphatic heterocycles. The number of aliphatic carboxylic acids is 1. The molecule has 0 aliphatic carbocycles. The van der Waals surface area contributed by atoms with E-state index in [0.29, 0.717) is 17.3 Å². The Morgan fingerprint density at radius 3 is 2.42 bits per heavy atom. The van der Waals surface area contributed by atoms with Gasteiger partial charge in [0.2, 0.25) is 0 Å². The molecule has 0 spiro atoms. The van der Waals surface area contributed by atoms with E-state index in [-0.39, 0.29) is 13.2 Å². The van der Waals surface area contributed by atoms with Crippen LogP contribution in [0.5, 0.6) is 17.2 Å². The zero-order chi connectivity index (χ0) is 22.1. The second-order valence-electron chi connectivity index (χ2n) is 6.92. The first-order valence-electron chi connectivity index (χ1n) is 9.94. The lowest BCUT2D eigenvalue weighted by Crippen LogP contribution is -2.20. The van der Waals surface area contributed by atoms with Gasteiger partial charge in [0.05, 0.1) is 13.2 Å². The summed E-state index contributed by atoms with van der Waals surface area (Å²) in [6, 6.07) is 18.9. The third-order valence-electron chi connectivity index (χ3n) is 4.65. The lowest BCUT2D eigenvalue weighted by atomic mass is 10.0. The van der Waals surface area contributed by atoms with Gasteiger partial charge in [-0.05, 0) is 53.5 Å². The van der Waals surface area contributed by atoms with Crippen LogP contribution in [0, 0.1) is 0 Å². The fourth-order valence-electron chi connectivity index (χ4n) is 3.14. The molecule has 3 rings (SSSR count). The predicted molar refractivity (Wildman–Crippen MR) is 123 cm³/mol. The molecule has 0 bridgehead atoms. The van der Waals surface area contributed by atoms with Crippen LogP contribution >= 0.6 is 11.8 Å². The summed E-state index contributed by atoms with van der Waals surface area (Å²) in [6.45, 7) is -0.131. The van der Waals surface area contributed by atoms with Gasteiger partial charge in [0.25, 0.3) is 0 Å². The maximum atomic E-state index is 10.8. The van der Waals surface area contributed by atoms with Crippen LogP contribution < -0.4 is 14.2 Å². The number of carboxylic acid groups (broad SMARTS) is 1. The minimum absolute atomic E-state index is 0.234. The molecule has 0 radical (unpaired) electrons. The molecule has 6 nitrogen and oxygen atoms in total. The number of rotatable bonds is 12. The highest BCUT2D eigenvalue weighted by Crippen LogP contribution is 2.29. The van der Waals surface area contributed by atoms with Gasteiger partial charge in [-0.3, -0.25) is 0 Å². The Kier molecular flexibility index (Phi) is 8.44. The van der Waals surface area contributed by atoms with Crippen molar-refractivity contribution >= 4 is 28.5 Å². The zero-order valence-corrected chi connectivity index (χ0v) is 18.1. The number of aliphatic hydroxyl groups excluding tert-OH is 1. The topological polar surface area (TPSA) is 85.2 Å². The highest BCUT2D eigenvalue weighted by Gasteiger charge is 2.09. The van der Waals surface area contributed by atoms with Gasteiger partial charge in [0, 0.05) is 11.1 Å². The first-order valence-corrected chi connectivity index (χ1v) is 11.1. The Morgan fingerprint density at radius 2 is 1.68 bits per heavy atom. The summed E-state index contributed by atoms with van der Waals surface area (Å²) in [6.07, 6.45) is 0.270. The summed E-state index contributed by atoms with van der Waals surface area (Å²) >= 11 is 1.67. The van der Waals surface area contributed by atoms with E-state index >= 15 is 0 Å². The molecule has 0 saturated carbocycles. The molecule has 1 unspecified atom stereocenters. The minimum Gasteiger partial charge on any atom is -0.497 e. The van der Waals surface area contributed by atoms with E-state index in [9.17, 15) is 9.90 Å². The third-order valence-corrected chi connectivity index (χ3v) is 5.76. The summed E-state index contributed by atoms with van der Waals surface area (Å²) in [5.74, 6) is 2.45. The normalized spacial score (nSPS) is 11.8. The maximum Gasteiger partial charge on any atom is 0.341 e. The molecule has 3 aromatic rings. The second-order valence-corrected chi connectivity index (χ2v) is 8.07. The van der Waals surface area contributed by atoms with Crippen LogP contribution in [0.15, 0.2) is 60.7 Å². The van der Waals surface area contributed by atoms with Gasteiger partial charge >= 0.3 is 5.97 Å². The zero-order valence-electron chi connectivity index (χ0n) is 17.3. The average molecular weight is 443 g/mol. The van der Waals surface area contributed by atoms with Gasteiger partial charge < -0.3 is 24.4 Å². The molecule has 0 aromatic heterocycles. The van der Waals surface area contributed by atoms with Crippen molar-refractivity contribution in [3.63, 3.8) is 0 Å². The summed E-state index contributed by atoms with van der Waals surface area (Å²) in [7, 11) is 1.61. The Balaban J connectivity index is 1.47. The molecule has 31 heavy (non-hydrogen) atoms. The molecule has 0 aliphatic rings. The van der Waals surface area contributed by atoms with Crippen molar-refractivity contribution in [3.05, 3.63) is 66.2 Å². The molecule has 0 fully saturated rings. The van der Waals surface area contributed by atoms with E-state index in [1.807, 2.05) is 48.5 Å². The molecule has 0 saturated heterocycles. The fraction of sp³-hybridized carbons (Fsp3) is 0.292. The van der Waals surface area contributed by atoms with Gasteiger partial charge in [-0.1, -0.05) is 30.3 Å². The van der Waals surface area contributed by atoms with Gasteiger partial charge in [0.15, 0.2) is 6.61 Å². The van der Waals surface area contributed by atoms with Crippen LogP contribution in [0.3, 0.4) is 0 Å². The van der Waals surface area contributed by atoms with Gasteiger partial charge in [-0.25, -0.2) is 4.79 Å². The van der Waals surface area contributed by atoms with Crippen LogP contribution in [0.2, 0.25) is 0 Å². The number of aliphatic hydroxyl groups is 1. The summed E-state index contributed by atoms with van der Waals surface area (Å²) in [4.78, 5) is 10.8. The molecule has 164 valence electrons. The SMILES string of the molecule is COc1ccc(OCC(O)CSCCc2cccc3c(OCC(=O)O)cccc23)cc1. The molecular formula is C24H26O6S. The van der Waals surface area contributed by atoms with Crippen LogP contribution in [0.1, 0.15) is 5.56 Å². The van der Waals surface area contributed by atoms with Crippen molar-refractivity contribution in [2.75, 3.05) is 31.8 Å². The number of benzene rings is 3. The monoisotopic (exact) mass is 442 g/mol. The van der Waals surface area contributed by atoms with Crippen molar-refractivity contribution in [1.29, 1.82) is 0 Å². The summed E-state index contributed by atoms with van der Waals surface area (Å²) in [5, 5.41) is 21.0. The number of carboxylic acids is 1. The van der Waals surface area contributed by atoms with E-state index < -0.39 is 12.1 Å². The molecule has 3 aromatic carbocycles. The smallest absolute Gasteiger partial charge is 0.341 e. The van der Waals surface area contributed by atoms with E-state index in [2.05, 4.69) is 6.07 Å². The van der Waals surface area contributed by atoms with Crippen molar-refractivity contribution in [1.82, 2.24) is 0 Å². The number of ether oxygens (including phenoxy) is 3. The van der Waals surface area contributed by atoms with E-state index in [1.165, 1.54) is 0 Å². The third kappa shape index (κ3) is 6.80. The van der Waals surface area contributed by atoms with Crippen LogP contribution in [-0.2, 0) is 11.2 Å². The lowest BCUT2D eigenvalue weighted by molar-refractivity contribution is -0.139. The first-order chi connectivity index (χ1) is 15.1. The molecule has 0 heterocycles. The number of aryl methyl sites for hydroxylation is 1. The Hall–Kier alpha value is -2.90. The maximum absolute atomic E-state index is 10.8. The number of carbonyl (C=O) groups is 1. The molecule has 2 N–H and O–H groups in total. The number of thioether (sulfide) groups is 1. The predicted octanol–water partition coefficient (Wildman–Crippen LogP) is 4.03. The molecular weight excluding hydrogens is 416 g/mol. The Morgan fingerprint density at radius 1 is 0.968 bits per heavy atom. The van der Waals surface area contributed by atoms with E-state index in [4.69, 9.17) is 19.3 Å². The minimum atomic E-state index is -1.00. The number of hydrogen-bond acceptors (Lipinski definition) is 6. The first kappa shape index (κ1) is 22.8. The highest BCUT2D eigenvalue weighted by atomic mass is 32.2. The van der Waals surface area contributed by atoms with E-state index in [0.717, 1.165) is 34.3 Å². The standard InChI is InChI=1S/C24H26O6S/c1-28-19-8-10-20(11-9-19)29-14-18(25)16-31-13-12-17-4-2-6-22-21(17)5-3-7-23(22)30-15-24(26)27/h2-11,18,25H,12-16H2,1H3,(H,26,27). The van der Waals surface area contributed by atoms with E-state index in [1.54, 1.807) is 24.9 Å². The summed E-state index contributed by atoms with van der Waals surface area (Å²) < 4.78 is 16.1. The molecule has 0 amide bonds. The molecule has 1 atom stereocenters. The van der Waals surface area contributed by atoms with Gasteiger partial charge in [-0.2, -0.15) is 11.8 Å². The largest absolute Gasteiger partial charge is 0.497 e. The van der Waals surface area contributed by atoms with Gasteiger partial charge in [-0.15, -0.1) is 0 Å². The average Bonchev–Trinajstić information content (AvgIpc) is 2.79. The number of hydrogen-bond donors (Lipinski definition) is 2. The van der Waals surface area contributed by atoms with Crippen LogP contribution in [0.4, 0.5) is 0 Å². The highest BCUT2D eigenvalue weighted by molar-refractivity contribution is 7.99. The van der Waals surface area contributed by atoms with Crippen molar-refractivity contribution < 1.29 is 29.2 Å². The number of methoxy groups -OCH3 is 1. The van der Waals surface area contributed by atoms with Gasteiger partial charge in [0.1, 0.15) is 23.9 Å². The molecule has 7 heteroatoms. The summed E-state index contributed by atoms with van der Waals surface area (Å²) in [5.41, 5.74) is 1.16. The fourth-order valence-corrected chi connectivity index (χ4v) is 4.04. The second kappa shape index (κ2) is 11.5. The van der Waals surface area contributed by atoms with Crippen molar-refractivity contribution in [2.45, 2.75) is 12.5 Å². The quantitative estimate of drug-likeness (QED) is 0.410. The lowest BCUT2D eigenvalue weighted by Gasteiger charge is -2.13. The van der Waals surface area contributed by atoms with Crippen LogP contribution in [0.25, 0.3) is 10.8 Å². The Bertz CT molecular complexity index is 989.